The van der Waals surface area contributed by atoms with E-state index in [4.69, 9.17) is 11.8 Å². The summed E-state index contributed by atoms with van der Waals surface area (Å²) in [5, 5.41) is 0. The Kier molecular flexibility index (Phi) is 3.93. The maximum Gasteiger partial charge on any atom is 0.123 e. The summed E-state index contributed by atoms with van der Waals surface area (Å²) < 4.78 is 25.7. The number of hydrogen-bond donors (Lipinski definition) is 0. The Morgan fingerprint density at radius 2 is 1.12 bits per heavy atom. The Hall–Kier alpha value is -1.18. The van der Waals surface area contributed by atoms with Gasteiger partial charge in [0.05, 0.1) is 5.66 Å². The van der Waals surface area contributed by atoms with Crippen LogP contribution in [0.4, 0.5) is 8.78 Å². The Bertz CT molecular complexity index is 462. The van der Waals surface area contributed by atoms with E-state index in [9.17, 15) is 8.78 Å². The van der Waals surface area contributed by atoms with Gasteiger partial charge in [-0.3, -0.25) is 0 Å². The summed E-state index contributed by atoms with van der Waals surface area (Å²) >= 11 is 5.09. The average molecular weight is 266 g/mol. The van der Waals surface area contributed by atoms with Crippen molar-refractivity contribution in [2.75, 3.05) is 0 Å². The van der Waals surface area contributed by atoms with Gasteiger partial charge in [0.15, 0.2) is 0 Å². The van der Waals surface area contributed by atoms with Crippen LogP contribution in [-0.4, -0.2) is 0 Å². The molecule has 0 saturated carbocycles. The fraction of sp³-hybridized carbons (Fsp3) is 0.0769. The van der Waals surface area contributed by atoms with E-state index in [1.54, 1.807) is 24.3 Å². The summed E-state index contributed by atoms with van der Waals surface area (Å²) in [6.07, 6.45) is 0. The van der Waals surface area contributed by atoms with Crippen molar-refractivity contribution in [1.29, 1.82) is 0 Å². The third-order valence-corrected chi connectivity index (χ3v) is 3.92. The second-order valence-corrected chi connectivity index (χ2v) is 4.97. The Labute approximate surface area is 105 Å². The van der Waals surface area contributed by atoms with E-state index >= 15 is 0 Å². The first-order valence-corrected chi connectivity index (χ1v) is 7.02. The molecule has 17 heavy (non-hydrogen) atoms. The predicted molar refractivity (Wildman–Crippen MR) is 68.9 cm³/mol. The maximum absolute atomic E-state index is 12.8. The zero-order valence-electron chi connectivity index (χ0n) is 8.81. The fourth-order valence-corrected chi connectivity index (χ4v) is 2.92. The van der Waals surface area contributed by atoms with Crippen LogP contribution in [-0.2, 0) is 11.8 Å². The van der Waals surface area contributed by atoms with Crippen molar-refractivity contribution in [2.24, 2.45) is 0 Å². The van der Waals surface area contributed by atoms with Crippen LogP contribution in [0.25, 0.3) is 0 Å². The molecule has 0 radical (unpaired) electrons. The first-order chi connectivity index (χ1) is 8.20. The maximum atomic E-state index is 12.8. The van der Waals surface area contributed by atoms with Gasteiger partial charge in [-0.05, 0) is 42.7 Å². The monoisotopic (exact) mass is 266 g/mol. The summed E-state index contributed by atoms with van der Waals surface area (Å²) in [5.74, 6) is -0.541. The number of benzene rings is 2. The molecule has 0 unspecified atom stereocenters. The molecule has 0 heterocycles. The van der Waals surface area contributed by atoms with Crippen LogP contribution in [0.3, 0.4) is 0 Å². The minimum atomic E-state index is -0.271. The molecule has 0 amide bonds. The highest BCUT2D eigenvalue weighted by atomic mass is 32.4. The molecule has 0 spiro atoms. The molecule has 2 rings (SSSR count). The van der Waals surface area contributed by atoms with Crippen molar-refractivity contribution < 1.29 is 8.78 Å². The van der Waals surface area contributed by atoms with Crippen LogP contribution in [0.5, 0.6) is 0 Å². The number of hydrogen-bond acceptors (Lipinski definition) is 1. The number of halogens is 2. The van der Waals surface area contributed by atoms with E-state index in [-0.39, 0.29) is 17.3 Å². The van der Waals surface area contributed by atoms with Crippen molar-refractivity contribution in [1.82, 2.24) is 0 Å². The van der Waals surface area contributed by atoms with E-state index in [2.05, 4.69) is 0 Å². The molecular weight excluding hydrogens is 257 g/mol. The van der Waals surface area contributed by atoms with Crippen molar-refractivity contribution in [3.05, 3.63) is 71.3 Å². The Morgan fingerprint density at radius 3 is 1.41 bits per heavy atom. The number of rotatable bonds is 3. The molecule has 2 aromatic carbocycles. The molecule has 4 heteroatoms. The van der Waals surface area contributed by atoms with Crippen LogP contribution in [0.2, 0.25) is 0 Å². The molecular formula is C13H9F2PS. The van der Waals surface area contributed by atoms with Crippen molar-refractivity contribution in [3.63, 3.8) is 0 Å². The van der Waals surface area contributed by atoms with Crippen molar-refractivity contribution in [2.45, 2.75) is 5.66 Å². The molecule has 0 bridgehead atoms. The van der Waals surface area contributed by atoms with Crippen LogP contribution >= 0.6 is 7.36 Å². The lowest BCUT2D eigenvalue weighted by Gasteiger charge is -2.11. The molecule has 0 atom stereocenters. The van der Waals surface area contributed by atoms with Gasteiger partial charge in [-0.15, -0.1) is 0 Å². The second-order valence-electron chi connectivity index (χ2n) is 3.61. The average Bonchev–Trinajstić information content (AvgIpc) is 2.35. The molecule has 0 fully saturated rings. The lowest BCUT2D eigenvalue weighted by atomic mass is 10.0. The van der Waals surface area contributed by atoms with Gasteiger partial charge < -0.3 is 0 Å². The first kappa shape index (κ1) is 12.3. The molecule has 0 nitrogen and oxygen atoms in total. The van der Waals surface area contributed by atoms with E-state index in [0.29, 0.717) is 0 Å². The normalized spacial score (nSPS) is 11.0. The molecule has 0 aliphatic rings. The van der Waals surface area contributed by atoms with E-state index < -0.39 is 0 Å². The SMILES string of the molecule is Fc1ccc(C(P=S)c2ccc(F)cc2)cc1. The van der Waals surface area contributed by atoms with Crippen LogP contribution in [0.1, 0.15) is 16.8 Å². The quantitative estimate of drug-likeness (QED) is 0.739. The zero-order chi connectivity index (χ0) is 12.3. The smallest absolute Gasteiger partial charge is 0.123 e. The van der Waals surface area contributed by atoms with Crippen molar-refractivity contribution in [3.8, 4) is 0 Å². The molecule has 0 aromatic heterocycles. The lowest BCUT2D eigenvalue weighted by molar-refractivity contribution is 0.626. The third kappa shape index (κ3) is 2.93. The highest BCUT2D eigenvalue weighted by Gasteiger charge is 2.11. The summed E-state index contributed by atoms with van der Waals surface area (Å²) in [6, 6.07) is 12.5. The molecule has 86 valence electrons. The summed E-state index contributed by atoms with van der Waals surface area (Å²) in [7, 11) is 0.731. The van der Waals surface area contributed by atoms with E-state index in [0.717, 1.165) is 18.5 Å². The van der Waals surface area contributed by atoms with Gasteiger partial charge in [-0.1, -0.05) is 36.1 Å². The molecule has 2 aromatic rings. The molecule has 0 aliphatic heterocycles. The Balaban J connectivity index is 2.36. The second kappa shape index (κ2) is 5.44. The summed E-state index contributed by atoms with van der Waals surface area (Å²) in [5.41, 5.74) is 1.86. The van der Waals surface area contributed by atoms with Crippen LogP contribution in [0, 0.1) is 11.6 Å². The minimum absolute atomic E-state index is 0.0220. The van der Waals surface area contributed by atoms with E-state index in [1.807, 2.05) is 0 Å². The topological polar surface area (TPSA) is 0 Å². The van der Waals surface area contributed by atoms with Gasteiger partial charge in [-0.25, -0.2) is 8.78 Å². The molecule has 0 aliphatic carbocycles. The molecule has 0 N–H and O–H groups in total. The lowest BCUT2D eigenvalue weighted by Crippen LogP contribution is -1.93. The standard InChI is InChI=1S/C13H9F2PS/c14-11-5-1-9(2-6-11)13(16-17)10-3-7-12(15)8-4-10/h1-8,13H. The van der Waals surface area contributed by atoms with Gasteiger partial charge in [0.1, 0.15) is 11.6 Å². The van der Waals surface area contributed by atoms with Gasteiger partial charge in [0.25, 0.3) is 0 Å². The van der Waals surface area contributed by atoms with Crippen LogP contribution < -0.4 is 0 Å². The highest BCUT2D eigenvalue weighted by molar-refractivity contribution is 7.96. The third-order valence-electron chi connectivity index (χ3n) is 2.48. The summed E-state index contributed by atoms with van der Waals surface area (Å²) in [6.45, 7) is 0. The van der Waals surface area contributed by atoms with Gasteiger partial charge in [0.2, 0.25) is 0 Å². The Morgan fingerprint density at radius 1 is 0.765 bits per heavy atom. The van der Waals surface area contributed by atoms with Crippen molar-refractivity contribution >= 4 is 19.2 Å². The highest BCUT2D eigenvalue weighted by Crippen LogP contribution is 2.34. The first-order valence-electron chi connectivity index (χ1n) is 5.04. The van der Waals surface area contributed by atoms with Gasteiger partial charge >= 0.3 is 0 Å². The van der Waals surface area contributed by atoms with Gasteiger partial charge in [-0.2, -0.15) is 0 Å². The van der Waals surface area contributed by atoms with Gasteiger partial charge in [0, 0.05) is 0 Å². The summed E-state index contributed by atoms with van der Waals surface area (Å²) in [4.78, 5) is 0. The minimum Gasteiger partial charge on any atom is -0.207 e. The van der Waals surface area contributed by atoms with E-state index in [1.165, 1.54) is 24.3 Å². The molecule has 0 saturated heterocycles. The fourth-order valence-electron chi connectivity index (χ4n) is 1.60. The zero-order valence-corrected chi connectivity index (χ0v) is 10.5. The van der Waals surface area contributed by atoms with Crippen LogP contribution in [0.15, 0.2) is 48.5 Å². The predicted octanol–water partition coefficient (Wildman–Crippen LogP) is 4.46. The largest absolute Gasteiger partial charge is 0.207 e.